The van der Waals surface area contributed by atoms with Crippen LogP contribution in [0, 0.1) is 6.92 Å². The Morgan fingerprint density at radius 2 is 2.00 bits per heavy atom. The number of fused-ring (bicyclic) bond motifs is 2. The lowest BCUT2D eigenvalue weighted by atomic mass is 9.63. The molecule has 2 fully saturated rings. The second-order valence-corrected chi connectivity index (χ2v) is 8.04. The Morgan fingerprint density at radius 1 is 1.12 bits per heavy atom. The van der Waals surface area contributed by atoms with Gasteiger partial charge in [-0.1, -0.05) is 42.8 Å². The van der Waals surface area contributed by atoms with E-state index in [-0.39, 0.29) is 0 Å². The highest BCUT2D eigenvalue weighted by Gasteiger charge is 2.43. The number of benzene rings is 2. The molecule has 2 nitrogen and oxygen atoms in total. The van der Waals surface area contributed by atoms with E-state index >= 15 is 0 Å². The summed E-state index contributed by atoms with van der Waals surface area (Å²) in [6.45, 7) is 4.58. The summed E-state index contributed by atoms with van der Waals surface area (Å²) in [6.07, 6.45) is 7.54. The van der Waals surface area contributed by atoms with Crippen LogP contribution in [0.1, 0.15) is 48.8 Å². The first kappa shape index (κ1) is 16.7. The maximum absolute atomic E-state index is 9.92. The van der Waals surface area contributed by atoms with Crippen LogP contribution in [0.3, 0.4) is 0 Å². The molecule has 2 atom stereocenters. The van der Waals surface area contributed by atoms with E-state index in [4.69, 9.17) is 0 Å². The normalized spacial score (nSPS) is 26.5. The Bertz CT molecular complexity index is 740. The van der Waals surface area contributed by atoms with Gasteiger partial charge in [0, 0.05) is 12.6 Å². The van der Waals surface area contributed by atoms with Crippen LogP contribution in [0.4, 0.5) is 0 Å². The molecule has 132 valence electrons. The van der Waals surface area contributed by atoms with E-state index in [2.05, 4.69) is 42.2 Å². The predicted molar refractivity (Wildman–Crippen MR) is 103 cm³/mol. The molecule has 25 heavy (non-hydrogen) atoms. The van der Waals surface area contributed by atoms with Crippen LogP contribution in [-0.2, 0) is 11.8 Å². The van der Waals surface area contributed by atoms with Crippen molar-refractivity contribution in [2.24, 2.45) is 0 Å². The topological polar surface area (TPSA) is 23.5 Å². The first-order valence-electron chi connectivity index (χ1n) is 9.74. The summed E-state index contributed by atoms with van der Waals surface area (Å²) in [5.74, 6) is 0.413. The van der Waals surface area contributed by atoms with E-state index in [1.165, 1.54) is 61.9 Å². The summed E-state index contributed by atoms with van der Waals surface area (Å²) in [5.41, 5.74) is 4.55. The van der Waals surface area contributed by atoms with Crippen molar-refractivity contribution in [1.82, 2.24) is 4.90 Å². The van der Waals surface area contributed by atoms with Crippen molar-refractivity contribution < 1.29 is 5.11 Å². The highest BCUT2D eigenvalue weighted by molar-refractivity contribution is 5.34. The molecular formula is C23H29NO. The van der Waals surface area contributed by atoms with Crippen molar-refractivity contribution in [1.29, 1.82) is 0 Å². The van der Waals surface area contributed by atoms with Crippen LogP contribution >= 0.6 is 0 Å². The molecule has 0 unspecified atom stereocenters. The van der Waals surface area contributed by atoms with Gasteiger partial charge in [-0.25, -0.2) is 0 Å². The van der Waals surface area contributed by atoms with Gasteiger partial charge < -0.3 is 5.11 Å². The maximum atomic E-state index is 9.92. The third kappa shape index (κ3) is 3.32. The largest absolute Gasteiger partial charge is 0.508 e. The summed E-state index contributed by atoms with van der Waals surface area (Å²) in [6, 6.07) is 17.5. The third-order valence-electron chi connectivity index (χ3n) is 6.60. The Morgan fingerprint density at radius 3 is 2.84 bits per heavy atom. The van der Waals surface area contributed by atoms with Crippen LogP contribution in [0.25, 0.3) is 0 Å². The minimum Gasteiger partial charge on any atom is -0.508 e. The summed E-state index contributed by atoms with van der Waals surface area (Å²) < 4.78 is 0. The summed E-state index contributed by atoms with van der Waals surface area (Å²) >= 11 is 0. The van der Waals surface area contributed by atoms with E-state index < -0.39 is 0 Å². The van der Waals surface area contributed by atoms with Crippen molar-refractivity contribution in [3.05, 3.63) is 65.2 Å². The quantitative estimate of drug-likeness (QED) is 0.865. The van der Waals surface area contributed by atoms with Gasteiger partial charge in [0.15, 0.2) is 0 Å². The lowest BCUT2D eigenvalue weighted by Crippen LogP contribution is -2.52. The SMILES string of the molecule is Cc1ccccc1CCN1CC[C@]2(c3cccc(O)c3)CCC[C@H]1C2. The monoisotopic (exact) mass is 335 g/mol. The molecule has 1 saturated heterocycles. The van der Waals surface area contributed by atoms with E-state index in [0.717, 1.165) is 6.42 Å². The number of rotatable bonds is 4. The Balaban J connectivity index is 1.46. The Kier molecular flexibility index (Phi) is 4.56. The zero-order valence-corrected chi connectivity index (χ0v) is 15.2. The van der Waals surface area contributed by atoms with Gasteiger partial charge in [-0.15, -0.1) is 0 Å². The van der Waals surface area contributed by atoms with E-state index in [0.29, 0.717) is 17.2 Å². The number of aromatic hydroxyl groups is 1. The molecule has 2 heteroatoms. The van der Waals surface area contributed by atoms with Gasteiger partial charge in [0.2, 0.25) is 0 Å². The van der Waals surface area contributed by atoms with Gasteiger partial charge >= 0.3 is 0 Å². The van der Waals surface area contributed by atoms with Gasteiger partial charge in [0.1, 0.15) is 5.75 Å². The summed E-state index contributed by atoms with van der Waals surface area (Å²) in [7, 11) is 0. The zero-order valence-electron chi connectivity index (χ0n) is 15.2. The molecule has 1 N–H and O–H groups in total. The minimum absolute atomic E-state index is 0.292. The molecule has 1 saturated carbocycles. The number of phenolic OH excluding ortho intramolecular Hbond substituents is 1. The predicted octanol–water partition coefficient (Wildman–Crippen LogP) is 4.83. The summed E-state index contributed by atoms with van der Waals surface area (Å²) in [5, 5.41) is 9.92. The fourth-order valence-electron chi connectivity index (χ4n) is 5.10. The van der Waals surface area contributed by atoms with Gasteiger partial charge in [0.25, 0.3) is 0 Å². The highest BCUT2D eigenvalue weighted by Crippen LogP contribution is 2.47. The van der Waals surface area contributed by atoms with Gasteiger partial charge in [-0.05, 0) is 79.8 Å². The van der Waals surface area contributed by atoms with Crippen LogP contribution in [-0.4, -0.2) is 29.1 Å². The van der Waals surface area contributed by atoms with Gasteiger partial charge in [-0.2, -0.15) is 0 Å². The van der Waals surface area contributed by atoms with Crippen molar-refractivity contribution in [3.63, 3.8) is 0 Å². The first-order valence-corrected chi connectivity index (χ1v) is 9.74. The van der Waals surface area contributed by atoms with Crippen molar-refractivity contribution in [2.75, 3.05) is 13.1 Å². The molecule has 2 aliphatic rings. The van der Waals surface area contributed by atoms with E-state index in [1.54, 1.807) is 6.07 Å². The molecule has 1 aliphatic carbocycles. The first-order chi connectivity index (χ1) is 12.2. The number of hydrogen-bond donors (Lipinski definition) is 1. The lowest BCUT2D eigenvalue weighted by Gasteiger charge is -2.51. The third-order valence-corrected chi connectivity index (χ3v) is 6.60. The average molecular weight is 335 g/mol. The van der Waals surface area contributed by atoms with Crippen LogP contribution in [0.5, 0.6) is 5.75 Å². The molecule has 1 aliphatic heterocycles. The van der Waals surface area contributed by atoms with E-state index in [9.17, 15) is 5.11 Å². The molecule has 4 rings (SSSR count). The molecule has 1 heterocycles. The van der Waals surface area contributed by atoms with E-state index in [1.807, 2.05) is 12.1 Å². The van der Waals surface area contributed by atoms with Crippen LogP contribution < -0.4 is 0 Å². The highest BCUT2D eigenvalue weighted by atomic mass is 16.3. The number of piperidine rings is 1. The fraction of sp³-hybridized carbons (Fsp3) is 0.478. The zero-order chi connectivity index (χ0) is 17.3. The molecular weight excluding hydrogens is 306 g/mol. The average Bonchev–Trinajstić information content (AvgIpc) is 2.63. The van der Waals surface area contributed by atoms with Crippen LogP contribution in [0.2, 0.25) is 0 Å². The standard InChI is InChI=1S/C23H29NO/c1-18-6-2-3-7-19(18)11-14-24-15-13-23(12-5-9-21(24)17-23)20-8-4-10-22(25)16-20/h2-4,6-8,10,16,21,25H,5,9,11-15,17H2,1H3/t21-,23+/m0/s1. The fourth-order valence-corrected chi connectivity index (χ4v) is 5.10. The number of nitrogens with zero attached hydrogens (tertiary/aromatic N) is 1. The lowest BCUT2D eigenvalue weighted by molar-refractivity contribution is 0.0524. The van der Waals surface area contributed by atoms with Gasteiger partial charge in [-0.3, -0.25) is 4.90 Å². The Hall–Kier alpha value is -1.80. The minimum atomic E-state index is 0.292. The Labute approximate surface area is 151 Å². The van der Waals surface area contributed by atoms with Crippen molar-refractivity contribution >= 4 is 0 Å². The van der Waals surface area contributed by atoms with Gasteiger partial charge in [0.05, 0.1) is 0 Å². The molecule has 0 aromatic heterocycles. The molecule has 0 spiro atoms. The molecule has 2 bridgehead atoms. The second-order valence-electron chi connectivity index (χ2n) is 8.04. The second kappa shape index (κ2) is 6.84. The molecule has 2 aromatic carbocycles. The smallest absolute Gasteiger partial charge is 0.115 e. The molecule has 0 amide bonds. The number of phenols is 1. The van der Waals surface area contributed by atoms with Crippen molar-refractivity contribution in [3.8, 4) is 5.75 Å². The molecule has 0 radical (unpaired) electrons. The maximum Gasteiger partial charge on any atom is 0.115 e. The number of likely N-dealkylation sites (tertiary alicyclic amines) is 1. The summed E-state index contributed by atoms with van der Waals surface area (Å²) in [4.78, 5) is 2.73. The van der Waals surface area contributed by atoms with Crippen LogP contribution in [0.15, 0.2) is 48.5 Å². The van der Waals surface area contributed by atoms with Crippen molar-refractivity contribution in [2.45, 2.75) is 56.9 Å². The number of hydrogen-bond acceptors (Lipinski definition) is 2. The molecule has 2 aromatic rings. The number of aryl methyl sites for hydroxylation is 1.